The molecule has 0 atom stereocenters. The number of carbonyl (C=O) groups is 1. The Hall–Kier alpha value is -3.58. The summed E-state index contributed by atoms with van der Waals surface area (Å²) in [5.74, 6) is 0.778. The number of pyridine rings is 1. The maximum Gasteiger partial charge on any atom is 0.300 e. The number of hydrogen-bond donors (Lipinski definition) is 2. The largest absolute Gasteiger partial charge is 0.457 e. The van der Waals surface area contributed by atoms with Crippen LogP contribution >= 0.6 is 11.6 Å². The molecule has 0 saturated carbocycles. The zero-order chi connectivity index (χ0) is 20.4. The van der Waals surface area contributed by atoms with Crippen LogP contribution in [0.1, 0.15) is 16.1 Å². The molecular weight excluding hydrogens is 392 g/mol. The van der Waals surface area contributed by atoms with Gasteiger partial charge in [-0.1, -0.05) is 11.6 Å². The van der Waals surface area contributed by atoms with Gasteiger partial charge in [0.05, 0.1) is 0 Å². The molecule has 8 heteroatoms. The minimum atomic E-state index is -0.282. The highest BCUT2D eigenvalue weighted by Gasteiger charge is 2.10. The zero-order valence-corrected chi connectivity index (χ0v) is 16.4. The van der Waals surface area contributed by atoms with E-state index in [0.29, 0.717) is 33.6 Å². The van der Waals surface area contributed by atoms with Crippen LogP contribution in [0.15, 0.2) is 59.1 Å². The van der Waals surface area contributed by atoms with Crippen LogP contribution < -0.4 is 15.4 Å². The Labute approximate surface area is 171 Å². The van der Waals surface area contributed by atoms with Crippen LogP contribution in [0.2, 0.25) is 5.02 Å². The number of carbonyl (C=O) groups excluding carboxylic acids is 1. The number of ether oxygens (including phenoxy) is 1. The fourth-order valence-corrected chi connectivity index (χ4v) is 2.85. The summed E-state index contributed by atoms with van der Waals surface area (Å²) in [6, 6.07) is 14.5. The van der Waals surface area contributed by atoms with Gasteiger partial charge in [0.2, 0.25) is 0 Å². The predicted octanol–water partition coefficient (Wildman–Crippen LogP) is 5.08. The van der Waals surface area contributed by atoms with E-state index in [-0.39, 0.29) is 11.6 Å². The van der Waals surface area contributed by atoms with Crippen molar-refractivity contribution in [3.63, 3.8) is 0 Å². The quantitative estimate of drug-likeness (QED) is 0.478. The van der Waals surface area contributed by atoms with E-state index in [0.717, 1.165) is 11.3 Å². The molecule has 0 spiro atoms. The summed E-state index contributed by atoms with van der Waals surface area (Å²) in [7, 11) is 1.55. The maximum atomic E-state index is 11.7. The van der Waals surface area contributed by atoms with Crippen LogP contribution in [0.25, 0.3) is 11.1 Å². The van der Waals surface area contributed by atoms with E-state index in [2.05, 4.69) is 20.6 Å². The Kier molecular flexibility index (Phi) is 5.05. The molecule has 0 saturated heterocycles. The SMILES string of the molecule is CNC(=O)c1cc(Oc2ccc3oc(Nc4ccc(Cl)c(C)c4)nc3c2)ccn1. The summed E-state index contributed by atoms with van der Waals surface area (Å²) >= 11 is 6.06. The molecule has 2 aromatic heterocycles. The zero-order valence-electron chi connectivity index (χ0n) is 15.7. The van der Waals surface area contributed by atoms with Crippen molar-refractivity contribution in [2.75, 3.05) is 12.4 Å². The number of aromatic nitrogens is 2. The van der Waals surface area contributed by atoms with Gasteiger partial charge in [-0.3, -0.25) is 9.78 Å². The number of nitrogens with zero attached hydrogens (tertiary/aromatic N) is 2. The van der Waals surface area contributed by atoms with Gasteiger partial charge in [-0.25, -0.2) is 0 Å². The molecule has 1 amide bonds. The van der Waals surface area contributed by atoms with Crippen LogP contribution in [0.5, 0.6) is 11.5 Å². The van der Waals surface area contributed by atoms with Gasteiger partial charge >= 0.3 is 0 Å². The third kappa shape index (κ3) is 4.14. The summed E-state index contributed by atoms with van der Waals surface area (Å²) in [4.78, 5) is 20.2. The molecular formula is C21H17ClN4O3. The first-order valence-corrected chi connectivity index (χ1v) is 9.19. The van der Waals surface area contributed by atoms with Crippen LogP contribution in [-0.4, -0.2) is 22.9 Å². The lowest BCUT2D eigenvalue weighted by molar-refractivity contribution is 0.0958. The van der Waals surface area contributed by atoms with Crippen molar-refractivity contribution >= 4 is 40.3 Å². The van der Waals surface area contributed by atoms with Crippen LogP contribution in [0.3, 0.4) is 0 Å². The summed E-state index contributed by atoms with van der Waals surface area (Å²) in [6.45, 7) is 1.93. The summed E-state index contributed by atoms with van der Waals surface area (Å²) in [5, 5.41) is 6.36. The third-order valence-corrected chi connectivity index (χ3v) is 4.62. The lowest BCUT2D eigenvalue weighted by Gasteiger charge is -2.06. The number of amides is 1. The van der Waals surface area contributed by atoms with Crippen molar-refractivity contribution in [2.45, 2.75) is 6.92 Å². The van der Waals surface area contributed by atoms with Crippen molar-refractivity contribution in [3.8, 4) is 11.5 Å². The van der Waals surface area contributed by atoms with E-state index in [1.165, 1.54) is 6.20 Å². The Morgan fingerprint density at radius 2 is 1.93 bits per heavy atom. The second-order valence-corrected chi connectivity index (χ2v) is 6.70. The van der Waals surface area contributed by atoms with Gasteiger partial charge in [-0.05, 0) is 48.9 Å². The number of benzene rings is 2. The standard InChI is InChI=1S/C21H17ClN4O3/c1-12-9-13(3-5-16(12)22)25-21-26-17-10-14(4-6-19(17)29-21)28-15-7-8-24-18(11-15)20(27)23-2/h3-11H,1-2H3,(H,23,27)(H,25,26). The van der Waals surface area contributed by atoms with E-state index < -0.39 is 0 Å². The molecule has 2 heterocycles. The first-order valence-electron chi connectivity index (χ1n) is 8.81. The fourth-order valence-electron chi connectivity index (χ4n) is 2.73. The molecule has 0 aliphatic rings. The van der Waals surface area contributed by atoms with Gasteiger partial charge in [0.25, 0.3) is 11.9 Å². The normalized spacial score (nSPS) is 10.7. The summed E-state index contributed by atoms with van der Waals surface area (Å²) in [5.41, 5.74) is 3.31. The highest BCUT2D eigenvalue weighted by Crippen LogP contribution is 2.29. The Morgan fingerprint density at radius 3 is 2.72 bits per heavy atom. The second kappa shape index (κ2) is 7.81. The minimum Gasteiger partial charge on any atom is -0.457 e. The molecule has 2 aromatic carbocycles. The van der Waals surface area contributed by atoms with Crippen molar-refractivity contribution in [2.24, 2.45) is 0 Å². The maximum absolute atomic E-state index is 11.7. The number of fused-ring (bicyclic) bond motifs is 1. The molecule has 0 bridgehead atoms. The topological polar surface area (TPSA) is 89.3 Å². The lowest BCUT2D eigenvalue weighted by atomic mass is 10.2. The Balaban J connectivity index is 1.55. The molecule has 4 aromatic rings. The van der Waals surface area contributed by atoms with Gasteiger partial charge < -0.3 is 19.8 Å². The van der Waals surface area contributed by atoms with E-state index in [1.54, 1.807) is 37.4 Å². The average molecular weight is 409 g/mol. The summed E-state index contributed by atoms with van der Waals surface area (Å²) < 4.78 is 11.6. The molecule has 7 nitrogen and oxygen atoms in total. The van der Waals surface area contributed by atoms with Gasteiger partial charge in [0.1, 0.15) is 22.7 Å². The number of halogens is 1. The van der Waals surface area contributed by atoms with Crippen molar-refractivity contribution < 1.29 is 13.9 Å². The summed E-state index contributed by atoms with van der Waals surface area (Å²) in [6.07, 6.45) is 1.52. The van der Waals surface area contributed by atoms with E-state index >= 15 is 0 Å². The monoisotopic (exact) mass is 408 g/mol. The van der Waals surface area contributed by atoms with E-state index in [1.807, 2.05) is 25.1 Å². The van der Waals surface area contributed by atoms with Gasteiger partial charge in [-0.15, -0.1) is 0 Å². The molecule has 146 valence electrons. The molecule has 2 N–H and O–H groups in total. The molecule has 29 heavy (non-hydrogen) atoms. The highest BCUT2D eigenvalue weighted by atomic mass is 35.5. The van der Waals surface area contributed by atoms with Crippen molar-refractivity contribution in [1.82, 2.24) is 15.3 Å². The average Bonchev–Trinajstić information content (AvgIpc) is 3.12. The number of rotatable bonds is 5. The molecule has 0 aliphatic carbocycles. The lowest BCUT2D eigenvalue weighted by Crippen LogP contribution is -2.18. The van der Waals surface area contributed by atoms with Gasteiger partial charge in [0.15, 0.2) is 5.58 Å². The number of oxazole rings is 1. The number of anilines is 2. The Morgan fingerprint density at radius 1 is 1.10 bits per heavy atom. The molecule has 0 aliphatic heterocycles. The number of nitrogens with one attached hydrogen (secondary N) is 2. The Bertz CT molecular complexity index is 1210. The van der Waals surface area contributed by atoms with Gasteiger partial charge in [0, 0.05) is 36.1 Å². The first kappa shape index (κ1) is 18.8. The highest BCUT2D eigenvalue weighted by molar-refractivity contribution is 6.31. The van der Waals surface area contributed by atoms with Crippen molar-refractivity contribution in [3.05, 3.63) is 71.0 Å². The van der Waals surface area contributed by atoms with E-state index in [9.17, 15) is 4.79 Å². The minimum absolute atomic E-state index is 0.275. The first-order chi connectivity index (χ1) is 14.0. The van der Waals surface area contributed by atoms with Crippen LogP contribution in [0.4, 0.5) is 11.7 Å². The predicted molar refractivity (Wildman–Crippen MR) is 111 cm³/mol. The van der Waals surface area contributed by atoms with E-state index in [4.69, 9.17) is 20.8 Å². The fraction of sp³-hybridized carbons (Fsp3) is 0.0952. The molecule has 0 radical (unpaired) electrons. The number of aryl methyl sites for hydroxylation is 1. The third-order valence-electron chi connectivity index (χ3n) is 4.20. The molecule has 0 unspecified atom stereocenters. The molecule has 0 fully saturated rings. The van der Waals surface area contributed by atoms with Crippen LogP contribution in [-0.2, 0) is 0 Å². The van der Waals surface area contributed by atoms with Crippen molar-refractivity contribution in [1.29, 1.82) is 0 Å². The smallest absolute Gasteiger partial charge is 0.300 e. The molecule has 4 rings (SSSR count). The van der Waals surface area contributed by atoms with Crippen LogP contribution in [0, 0.1) is 6.92 Å². The second-order valence-electron chi connectivity index (χ2n) is 6.30. The number of hydrogen-bond acceptors (Lipinski definition) is 6. The van der Waals surface area contributed by atoms with Gasteiger partial charge in [-0.2, -0.15) is 4.98 Å².